The Morgan fingerprint density at radius 3 is 2.41 bits per heavy atom. The van der Waals surface area contributed by atoms with Crippen molar-refractivity contribution in [1.29, 1.82) is 5.26 Å². The van der Waals surface area contributed by atoms with Crippen LogP contribution in [0, 0.1) is 17.2 Å². The first-order chi connectivity index (χ1) is 8.06. The van der Waals surface area contributed by atoms with Crippen LogP contribution in [-0.2, 0) is 4.79 Å². The van der Waals surface area contributed by atoms with E-state index in [4.69, 9.17) is 11.0 Å². The van der Waals surface area contributed by atoms with Gasteiger partial charge in [0.25, 0.3) is 0 Å². The molecule has 3 nitrogen and oxygen atoms in total. The van der Waals surface area contributed by atoms with Gasteiger partial charge in [0.15, 0.2) is 5.78 Å². The molecule has 0 saturated carbocycles. The lowest BCUT2D eigenvalue weighted by molar-refractivity contribution is -0.121. The molecule has 0 aromatic heterocycles. The van der Waals surface area contributed by atoms with E-state index >= 15 is 0 Å². The molecule has 90 valence electrons. The summed E-state index contributed by atoms with van der Waals surface area (Å²) >= 11 is 0. The quantitative estimate of drug-likeness (QED) is 0.843. The Hall–Kier alpha value is -1.66. The van der Waals surface area contributed by atoms with Crippen LogP contribution in [-0.4, -0.2) is 11.8 Å². The number of carbonyl (C=O) groups excluding carboxylic acids is 1. The number of Topliss-reactive ketones (excluding diaryl/α,β-unsaturated/α-hetero) is 1. The molecule has 0 radical (unpaired) electrons. The first-order valence-electron chi connectivity index (χ1n) is 5.79. The molecule has 0 fully saturated rings. The van der Waals surface area contributed by atoms with Gasteiger partial charge in [-0.05, 0) is 11.5 Å². The molecule has 0 bridgehead atoms. The molecule has 2 atom stereocenters. The molecule has 1 aromatic rings. The molecule has 1 rings (SSSR count). The molecule has 1 unspecified atom stereocenters. The maximum Gasteiger partial charge on any atom is 0.151 e. The molecule has 0 heterocycles. The van der Waals surface area contributed by atoms with Crippen molar-refractivity contribution >= 4 is 5.78 Å². The number of nitriles is 1. The van der Waals surface area contributed by atoms with E-state index in [1.807, 2.05) is 44.2 Å². The van der Waals surface area contributed by atoms with Gasteiger partial charge in [0.2, 0.25) is 0 Å². The van der Waals surface area contributed by atoms with Crippen molar-refractivity contribution in [3.63, 3.8) is 0 Å². The molecule has 0 aliphatic heterocycles. The molecule has 3 heteroatoms. The smallest absolute Gasteiger partial charge is 0.151 e. The molecule has 2 N–H and O–H groups in total. The fourth-order valence-electron chi connectivity index (χ4n) is 1.63. The summed E-state index contributed by atoms with van der Waals surface area (Å²) in [5.74, 6) is -0.332. The average Bonchev–Trinajstić information content (AvgIpc) is 2.35. The summed E-state index contributed by atoms with van der Waals surface area (Å²) < 4.78 is 0. The SMILES string of the molecule is CC(C)[C@@H](N)C(=O)CC(C#N)c1ccccc1. The minimum atomic E-state index is -0.477. The second-order valence-corrected chi connectivity index (χ2v) is 4.53. The highest BCUT2D eigenvalue weighted by Gasteiger charge is 2.22. The molecule has 0 spiro atoms. The van der Waals surface area contributed by atoms with Gasteiger partial charge in [0.05, 0.1) is 18.0 Å². The van der Waals surface area contributed by atoms with Gasteiger partial charge in [0, 0.05) is 6.42 Å². The van der Waals surface area contributed by atoms with Gasteiger partial charge < -0.3 is 5.73 Å². The van der Waals surface area contributed by atoms with Gasteiger partial charge in [-0.3, -0.25) is 4.79 Å². The summed E-state index contributed by atoms with van der Waals surface area (Å²) in [6.07, 6.45) is 0.194. The lowest BCUT2D eigenvalue weighted by Gasteiger charge is -2.16. The Bertz CT molecular complexity index is 406. The van der Waals surface area contributed by atoms with Crippen LogP contribution in [0.15, 0.2) is 30.3 Å². The second kappa shape index (κ2) is 6.17. The summed E-state index contributed by atoms with van der Waals surface area (Å²) in [5.41, 5.74) is 6.66. The maximum atomic E-state index is 11.9. The van der Waals surface area contributed by atoms with Crippen LogP contribution in [0.5, 0.6) is 0 Å². The van der Waals surface area contributed by atoms with Crippen LogP contribution in [0.3, 0.4) is 0 Å². The number of hydrogen-bond acceptors (Lipinski definition) is 3. The number of nitrogens with zero attached hydrogens (tertiary/aromatic N) is 1. The number of rotatable bonds is 5. The van der Waals surface area contributed by atoms with Crippen LogP contribution in [0.1, 0.15) is 31.7 Å². The van der Waals surface area contributed by atoms with Crippen molar-refractivity contribution in [3.8, 4) is 6.07 Å². The predicted molar refractivity (Wildman–Crippen MR) is 67.2 cm³/mol. The van der Waals surface area contributed by atoms with E-state index < -0.39 is 12.0 Å². The van der Waals surface area contributed by atoms with Crippen molar-refractivity contribution in [2.24, 2.45) is 11.7 Å². The first kappa shape index (κ1) is 13.4. The van der Waals surface area contributed by atoms with Crippen LogP contribution in [0.4, 0.5) is 0 Å². The van der Waals surface area contributed by atoms with Crippen molar-refractivity contribution in [2.75, 3.05) is 0 Å². The largest absolute Gasteiger partial charge is 0.321 e. The van der Waals surface area contributed by atoms with Gasteiger partial charge in [-0.25, -0.2) is 0 Å². The summed E-state index contributed by atoms with van der Waals surface area (Å²) in [6.45, 7) is 3.82. The molecule has 0 aliphatic carbocycles. The molecular formula is C14H18N2O. The minimum absolute atomic E-state index is 0.0459. The normalized spacial score (nSPS) is 14.1. The van der Waals surface area contributed by atoms with Crippen molar-refractivity contribution in [1.82, 2.24) is 0 Å². The molecule has 0 saturated heterocycles. The Morgan fingerprint density at radius 2 is 1.94 bits per heavy atom. The Balaban J connectivity index is 2.73. The highest BCUT2D eigenvalue weighted by Crippen LogP contribution is 2.20. The fraction of sp³-hybridized carbons (Fsp3) is 0.429. The topological polar surface area (TPSA) is 66.9 Å². The Kier molecular flexibility index (Phi) is 4.86. The lowest BCUT2D eigenvalue weighted by atomic mass is 9.90. The summed E-state index contributed by atoms with van der Waals surface area (Å²) in [5, 5.41) is 9.11. The zero-order valence-corrected chi connectivity index (χ0v) is 10.3. The van der Waals surface area contributed by atoms with E-state index in [0.29, 0.717) is 0 Å². The second-order valence-electron chi connectivity index (χ2n) is 4.53. The third-order valence-corrected chi connectivity index (χ3v) is 2.85. The van der Waals surface area contributed by atoms with Crippen molar-refractivity contribution < 1.29 is 4.79 Å². The molecule has 0 aliphatic rings. The third-order valence-electron chi connectivity index (χ3n) is 2.85. The average molecular weight is 230 g/mol. The van der Waals surface area contributed by atoms with Gasteiger partial charge in [-0.15, -0.1) is 0 Å². The van der Waals surface area contributed by atoms with Crippen LogP contribution in [0.25, 0.3) is 0 Å². The number of carbonyl (C=O) groups is 1. The van der Waals surface area contributed by atoms with Gasteiger partial charge in [-0.2, -0.15) is 5.26 Å². The molecule has 17 heavy (non-hydrogen) atoms. The summed E-state index contributed by atoms with van der Waals surface area (Å²) in [4.78, 5) is 11.9. The Morgan fingerprint density at radius 1 is 1.35 bits per heavy atom. The van der Waals surface area contributed by atoms with E-state index in [1.54, 1.807) is 0 Å². The number of ketones is 1. The molecule has 0 amide bonds. The van der Waals surface area contributed by atoms with Crippen LogP contribution in [0.2, 0.25) is 0 Å². The van der Waals surface area contributed by atoms with E-state index in [0.717, 1.165) is 5.56 Å². The maximum absolute atomic E-state index is 11.9. The zero-order valence-electron chi connectivity index (χ0n) is 10.3. The standard InChI is InChI=1S/C14H18N2O/c1-10(2)14(16)13(17)8-12(9-15)11-6-4-3-5-7-11/h3-7,10,12,14H,8,16H2,1-2H3/t12?,14-/m1/s1. The number of hydrogen-bond donors (Lipinski definition) is 1. The molecule has 1 aromatic carbocycles. The lowest BCUT2D eigenvalue weighted by Crippen LogP contribution is -2.36. The fourth-order valence-corrected chi connectivity index (χ4v) is 1.63. The van der Waals surface area contributed by atoms with Gasteiger partial charge in [-0.1, -0.05) is 44.2 Å². The zero-order chi connectivity index (χ0) is 12.8. The van der Waals surface area contributed by atoms with E-state index in [9.17, 15) is 4.79 Å². The van der Waals surface area contributed by atoms with Gasteiger partial charge in [0.1, 0.15) is 0 Å². The van der Waals surface area contributed by atoms with Crippen molar-refractivity contribution in [2.45, 2.75) is 32.2 Å². The highest BCUT2D eigenvalue weighted by atomic mass is 16.1. The van der Waals surface area contributed by atoms with E-state index in [1.165, 1.54) is 0 Å². The molecular weight excluding hydrogens is 212 g/mol. The van der Waals surface area contributed by atoms with E-state index in [-0.39, 0.29) is 18.1 Å². The third kappa shape index (κ3) is 3.69. The van der Waals surface area contributed by atoms with Crippen LogP contribution < -0.4 is 5.73 Å². The highest BCUT2D eigenvalue weighted by molar-refractivity contribution is 5.85. The monoisotopic (exact) mass is 230 g/mol. The minimum Gasteiger partial charge on any atom is -0.321 e. The van der Waals surface area contributed by atoms with Gasteiger partial charge >= 0.3 is 0 Å². The van der Waals surface area contributed by atoms with Crippen LogP contribution >= 0.6 is 0 Å². The van der Waals surface area contributed by atoms with E-state index in [2.05, 4.69) is 6.07 Å². The predicted octanol–water partition coefficient (Wildman–Crippen LogP) is 2.24. The Labute approximate surface area is 102 Å². The number of nitrogens with two attached hydrogens (primary N) is 1. The van der Waals surface area contributed by atoms with Crippen molar-refractivity contribution in [3.05, 3.63) is 35.9 Å². The summed E-state index contributed by atoms with van der Waals surface area (Å²) in [7, 11) is 0. The number of benzene rings is 1. The first-order valence-corrected chi connectivity index (χ1v) is 5.79. The summed E-state index contributed by atoms with van der Waals surface area (Å²) in [6, 6.07) is 11.0.